The Bertz CT molecular complexity index is 1270. The van der Waals surface area contributed by atoms with Gasteiger partial charge in [0.05, 0.1) is 6.61 Å². The molecule has 0 fully saturated rings. The van der Waals surface area contributed by atoms with E-state index >= 15 is 0 Å². The highest BCUT2D eigenvalue weighted by Gasteiger charge is 2.11. The molecular formula is C25H22OS. The summed E-state index contributed by atoms with van der Waals surface area (Å²) in [7, 11) is 0. The van der Waals surface area contributed by atoms with E-state index in [4.69, 9.17) is 4.74 Å². The first-order valence-corrected chi connectivity index (χ1v) is 10.6. The van der Waals surface area contributed by atoms with E-state index in [1.165, 1.54) is 54.6 Å². The summed E-state index contributed by atoms with van der Waals surface area (Å²) in [5, 5.41) is 7.98. The van der Waals surface area contributed by atoms with E-state index in [0.717, 1.165) is 18.8 Å². The molecule has 0 N–H and O–H groups in total. The van der Waals surface area contributed by atoms with E-state index in [2.05, 4.69) is 73.7 Å². The zero-order valence-corrected chi connectivity index (χ0v) is 16.3. The Morgan fingerprint density at radius 2 is 1.52 bits per heavy atom. The lowest BCUT2D eigenvalue weighted by Crippen LogP contribution is -1.96. The van der Waals surface area contributed by atoms with E-state index in [1.54, 1.807) is 0 Å². The second kappa shape index (κ2) is 6.86. The van der Waals surface area contributed by atoms with Crippen molar-refractivity contribution in [2.24, 2.45) is 0 Å². The minimum absolute atomic E-state index is 0.805. The van der Waals surface area contributed by atoms with Crippen molar-refractivity contribution in [1.82, 2.24) is 0 Å². The summed E-state index contributed by atoms with van der Waals surface area (Å²) in [6.45, 7) is 3.02. The molecule has 0 amide bonds. The molecule has 0 spiro atoms. The van der Waals surface area contributed by atoms with Crippen molar-refractivity contribution >= 4 is 53.1 Å². The quantitative estimate of drug-likeness (QED) is 0.225. The van der Waals surface area contributed by atoms with Crippen molar-refractivity contribution in [2.45, 2.75) is 26.2 Å². The molecule has 0 aliphatic heterocycles. The van der Waals surface area contributed by atoms with Crippen LogP contribution in [0.3, 0.4) is 0 Å². The third-order valence-corrected chi connectivity index (χ3v) is 6.55. The Hall–Kier alpha value is -2.58. The molecule has 4 aromatic carbocycles. The minimum Gasteiger partial charge on any atom is -0.494 e. The molecular weight excluding hydrogens is 348 g/mol. The maximum atomic E-state index is 5.96. The van der Waals surface area contributed by atoms with Gasteiger partial charge in [0.2, 0.25) is 0 Å². The fourth-order valence-electron chi connectivity index (χ4n) is 3.93. The van der Waals surface area contributed by atoms with Gasteiger partial charge >= 0.3 is 0 Å². The van der Waals surface area contributed by atoms with Crippen LogP contribution in [-0.2, 0) is 0 Å². The largest absolute Gasteiger partial charge is 0.494 e. The van der Waals surface area contributed by atoms with Gasteiger partial charge in [-0.25, -0.2) is 0 Å². The number of ether oxygens (including phenoxy) is 1. The number of rotatable bonds is 5. The van der Waals surface area contributed by atoms with Crippen molar-refractivity contribution < 1.29 is 4.74 Å². The Morgan fingerprint density at radius 1 is 0.741 bits per heavy atom. The van der Waals surface area contributed by atoms with Crippen molar-refractivity contribution in [2.75, 3.05) is 6.61 Å². The van der Waals surface area contributed by atoms with Crippen LogP contribution in [-0.4, -0.2) is 6.61 Å². The Morgan fingerprint density at radius 3 is 2.44 bits per heavy atom. The van der Waals surface area contributed by atoms with Crippen molar-refractivity contribution in [3.63, 3.8) is 0 Å². The first-order valence-electron chi connectivity index (χ1n) is 9.74. The normalized spacial score (nSPS) is 11.7. The Labute approximate surface area is 163 Å². The van der Waals surface area contributed by atoms with Gasteiger partial charge in [0.15, 0.2) is 0 Å². The van der Waals surface area contributed by atoms with Gasteiger partial charge in [0.25, 0.3) is 0 Å². The number of hydrogen-bond acceptors (Lipinski definition) is 2. The smallest absolute Gasteiger partial charge is 0.120 e. The monoisotopic (exact) mass is 370 g/mol. The number of thiophene rings is 1. The van der Waals surface area contributed by atoms with Crippen LogP contribution in [0.2, 0.25) is 0 Å². The van der Waals surface area contributed by atoms with Crippen LogP contribution in [0.25, 0.3) is 41.7 Å². The fourth-order valence-corrected chi connectivity index (χ4v) is 5.19. The van der Waals surface area contributed by atoms with Crippen molar-refractivity contribution in [3.8, 4) is 5.75 Å². The van der Waals surface area contributed by atoms with Crippen LogP contribution < -0.4 is 4.74 Å². The zero-order chi connectivity index (χ0) is 18.2. The van der Waals surface area contributed by atoms with Crippen LogP contribution in [0, 0.1) is 0 Å². The first-order chi connectivity index (χ1) is 13.3. The highest BCUT2D eigenvalue weighted by atomic mass is 32.1. The summed E-state index contributed by atoms with van der Waals surface area (Å²) < 4.78 is 8.64. The lowest BCUT2D eigenvalue weighted by Gasteiger charge is -2.05. The summed E-state index contributed by atoms with van der Waals surface area (Å²) >= 11 is 1.88. The van der Waals surface area contributed by atoms with Gasteiger partial charge in [0, 0.05) is 25.6 Å². The lowest BCUT2D eigenvalue weighted by atomic mass is 10.00. The molecule has 1 aromatic heterocycles. The first kappa shape index (κ1) is 16.6. The summed E-state index contributed by atoms with van der Waals surface area (Å²) in [5.74, 6) is 0.986. The van der Waals surface area contributed by atoms with Gasteiger partial charge < -0.3 is 4.74 Å². The predicted molar refractivity (Wildman–Crippen MR) is 119 cm³/mol. The highest BCUT2D eigenvalue weighted by Crippen LogP contribution is 2.41. The molecule has 0 bridgehead atoms. The van der Waals surface area contributed by atoms with Crippen LogP contribution in [0.5, 0.6) is 5.75 Å². The summed E-state index contributed by atoms with van der Waals surface area (Å²) in [4.78, 5) is 0. The third-order valence-electron chi connectivity index (χ3n) is 5.35. The number of unbranched alkanes of at least 4 members (excludes halogenated alkanes) is 2. The van der Waals surface area contributed by atoms with Gasteiger partial charge in [-0.2, -0.15) is 0 Å². The summed E-state index contributed by atoms with van der Waals surface area (Å²) in [6, 6.07) is 24.3. The second-order valence-electron chi connectivity index (χ2n) is 7.14. The fraction of sp³-hybridized carbons (Fsp3) is 0.200. The molecule has 0 saturated carbocycles. The lowest BCUT2D eigenvalue weighted by molar-refractivity contribution is 0.306. The van der Waals surface area contributed by atoms with Gasteiger partial charge in [0.1, 0.15) is 5.75 Å². The number of fused-ring (bicyclic) bond motifs is 7. The van der Waals surface area contributed by atoms with Gasteiger partial charge in [-0.1, -0.05) is 68.3 Å². The van der Waals surface area contributed by atoms with Crippen molar-refractivity contribution in [3.05, 3.63) is 66.7 Å². The minimum atomic E-state index is 0.805. The molecule has 5 aromatic rings. The molecule has 0 unspecified atom stereocenters. The second-order valence-corrected chi connectivity index (χ2v) is 8.19. The van der Waals surface area contributed by atoms with E-state index in [1.807, 2.05) is 11.3 Å². The topological polar surface area (TPSA) is 9.23 Å². The van der Waals surface area contributed by atoms with E-state index in [9.17, 15) is 0 Å². The molecule has 1 nitrogen and oxygen atoms in total. The third kappa shape index (κ3) is 2.85. The molecule has 2 heteroatoms. The Balaban J connectivity index is 1.64. The predicted octanol–water partition coefficient (Wildman–Crippen LogP) is 7.93. The molecule has 0 saturated heterocycles. The van der Waals surface area contributed by atoms with E-state index in [0.29, 0.717) is 0 Å². The zero-order valence-electron chi connectivity index (χ0n) is 15.5. The molecule has 0 aliphatic carbocycles. The number of hydrogen-bond donors (Lipinski definition) is 0. The maximum Gasteiger partial charge on any atom is 0.120 e. The standard InChI is InChI=1S/C25H22OS/c1-2-3-6-15-26-18-10-12-21-23-14-13-20-19-8-5-4-7-17(19)9-11-22(20)25(23)27-24(21)16-18/h4-5,7-14,16H,2-3,6,15H2,1H3. The van der Waals surface area contributed by atoms with Gasteiger partial charge in [-0.3, -0.25) is 0 Å². The van der Waals surface area contributed by atoms with E-state index < -0.39 is 0 Å². The van der Waals surface area contributed by atoms with Crippen molar-refractivity contribution in [1.29, 1.82) is 0 Å². The van der Waals surface area contributed by atoms with Crippen LogP contribution in [0.1, 0.15) is 26.2 Å². The SMILES string of the molecule is CCCCCOc1ccc2c(c1)sc1c2ccc2c3ccccc3ccc21. The average molecular weight is 371 g/mol. The van der Waals surface area contributed by atoms with Gasteiger partial charge in [-0.05, 0) is 40.8 Å². The maximum absolute atomic E-state index is 5.96. The molecule has 0 atom stereocenters. The van der Waals surface area contributed by atoms with Crippen LogP contribution in [0.4, 0.5) is 0 Å². The molecule has 5 rings (SSSR count). The average Bonchev–Trinajstić information content (AvgIpc) is 3.09. The molecule has 0 radical (unpaired) electrons. The highest BCUT2D eigenvalue weighted by molar-refractivity contribution is 7.26. The molecule has 27 heavy (non-hydrogen) atoms. The van der Waals surface area contributed by atoms with Crippen LogP contribution in [0.15, 0.2) is 66.7 Å². The molecule has 1 heterocycles. The Kier molecular flexibility index (Phi) is 4.21. The van der Waals surface area contributed by atoms with Gasteiger partial charge in [-0.15, -0.1) is 11.3 Å². The summed E-state index contributed by atoms with van der Waals surface area (Å²) in [5.41, 5.74) is 0. The molecule has 134 valence electrons. The summed E-state index contributed by atoms with van der Waals surface area (Å²) in [6.07, 6.45) is 3.57. The van der Waals surface area contributed by atoms with Crippen LogP contribution >= 0.6 is 11.3 Å². The molecule has 0 aliphatic rings. The van der Waals surface area contributed by atoms with E-state index in [-0.39, 0.29) is 0 Å². The number of benzene rings is 4.